The predicted molar refractivity (Wildman–Crippen MR) is 130 cm³/mol. The lowest BCUT2D eigenvalue weighted by atomic mass is 9.94. The van der Waals surface area contributed by atoms with Crippen LogP contribution in [0.3, 0.4) is 0 Å². The lowest BCUT2D eigenvalue weighted by Crippen LogP contribution is -2.18. The Balaban J connectivity index is 1.65. The number of aromatic nitrogens is 2. The second-order valence-corrected chi connectivity index (χ2v) is 7.85. The number of ketones is 1. The number of nitrogens with one attached hydrogen (secondary N) is 1. The van der Waals surface area contributed by atoms with Crippen LogP contribution in [0.25, 0.3) is 39.0 Å². The van der Waals surface area contributed by atoms with Gasteiger partial charge in [-0.15, -0.1) is 0 Å². The van der Waals surface area contributed by atoms with Crippen molar-refractivity contribution in [2.45, 2.75) is 0 Å². The molecule has 5 heteroatoms. The Morgan fingerprint density at radius 2 is 1.78 bits per heavy atom. The van der Waals surface area contributed by atoms with Crippen molar-refractivity contribution in [2.24, 2.45) is 0 Å². The van der Waals surface area contributed by atoms with Gasteiger partial charge in [0.15, 0.2) is 5.78 Å². The number of carbonyl (C=O) groups is 1. The van der Waals surface area contributed by atoms with Crippen LogP contribution in [-0.4, -0.2) is 15.8 Å². The van der Waals surface area contributed by atoms with Gasteiger partial charge in [0, 0.05) is 33.1 Å². The number of fused-ring (bicyclic) bond motifs is 2. The second kappa shape index (κ2) is 8.25. The molecule has 0 saturated carbocycles. The molecule has 2 heterocycles. The molecule has 0 atom stereocenters. The van der Waals surface area contributed by atoms with Gasteiger partial charge >= 0.3 is 0 Å². The lowest BCUT2D eigenvalue weighted by Gasteiger charge is -2.11. The van der Waals surface area contributed by atoms with Gasteiger partial charge in [0.05, 0.1) is 11.1 Å². The van der Waals surface area contributed by atoms with E-state index in [1.165, 1.54) is 6.08 Å². The Morgan fingerprint density at radius 1 is 0.938 bits per heavy atom. The number of carbonyl (C=O) groups excluding carboxylic acids is 1. The zero-order valence-corrected chi connectivity index (χ0v) is 17.6. The van der Waals surface area contributed by atoms with Crippen molar-refractivity contribution in [1.82, 2.24) is 9.97 Å². The first-order chi connectivity index (χ1) is 15.6. The number of allylic oxidation sites excluding steroid dienone is 1. The molecule has 154 valence electrons. The maximum atomic E-state index is 13.3. The van der Waals surface area contributed by atoms with Gasteiger partial charge < -0.3 is 4.98 Å². The first-order valence-corrected chi connectivity index (χ1v) is 10.5. The number of hydrogen-bond donors (Lipinski definition) is 1. The third kappa shape index (κ3) is 3.72. The average molecular weight is 437 g/mol. The van der Waals surface area contributed by atoms with E-state index in [1.807, 2.05) is 60.7 Å². The minimum atomic E-state index is -0.434. The maximum Gasteiger partial charge on any atom is 0.260 e. The molecule has 1 N–H and O–H groups in total. The van der Waals surface area contributed by atoms with Gasteiger partial charge in [0.2, 0.25) is 0 Å². The zero-order chi connectivity index (χ0) is 22.1. The molecule has 0 bridgehead atoms. The molecule has 0 spiro atoms. The van der Waals surface area contributed by atoms with Gasteiger partial charge in [0.1, 0.15) is 0 Å². The monoisotopic (exact) mass is 436 g/mol. The number of aromatic amines is 1. The summed E-state index contributed by atoms with van der Waals surface area (Å²) >= 11 is 6.24. The van der Waals surface area contributed by atoms with Crippen LogP contribution >= 0.6 is 11.6 Å². The summed E-state index contributed by atoms with van der Waals surface area (Å²) in [5.41, 5.74) is 3.36. The maximum absolute atomic E-state index is 13.3. The molecule has 3 aromatic carbocycles. The van der Waals surface area contributed by atoms with Gasteiger partial charge in [-0.25, -0.2) is 0 Å². The Hall–Kier alpha value is -4.02. The van der Waals surface area contributed by atoms with Gasteiger partial charge in [-0.05, 0) is 53.6 Å². The Morgan fingerprint density at radius 3 is 2.62 bits per heavy atom. The van der Waals surface area contributed by atoms with E-state index in [2.05, 4.69) is 9.97 Å². The quantitative estimate of drug-likeness (QED) is 0.266. The second-order valence-electron chi connectivity index (χ2n) is 7.41. The fraction of sp³-hybridized carbons (Fsp3) is 0. The molecule has 0 aliphatic carbocycles. The van der Waals surface area contributed by atoms with Crippen molar-refractivity contribution in [2.75, 3.05) is 0 Å². The van der Waals surface area contributed by atoms with Crippen molar-refractivity contribution in [3.63, 3.8) is 0 Å². The van der Waals surface area contributed by atoms with Crippen LogP contribution in [0.15, 0.2) is 95.9 Å². The molecule has 5 aromatic rings. The van der Waals surface area contributed by atoms with Crippen LogP contribution in [0.4, 0.5) is 0 Å². The van der Waals surface area contributed by atoms with Gasteiger partial charge in [-0.1, -0.05) is 60.1 Å². The zero-order valence-electron chi connectivity index (χ0n) is 16.9. The summed E-state index contributed by atoms with van der Waals surface area (Å²) in [6.45, 7) is 0. The predicted octanol–water partition coefficient (Wildman–Crippen LogP) is 6.29. The molecule has 0 saturated heterocycles. The number of rotatable bonds is 4. The highest BCUT2D eigenvalue weighted by molar-refractivity contribution is 6.31. The first-order valence-electron chi connectivity index (χ1n) is 10.1. The van der Waals surface area contributed by atoms with Crippen molar-refractivity contribution in [3.05, 3.63) is 118 Å². The van der Waals surface area contributed by atoms with Crippen molar-refractivity contribution in [3.8, 4) is 11.1 Å². The van der Waals surface area contributed by atoms with Gasteiger partial charge in [-0.2, -0.15) is 0 Å². The van der Waals surface area contributed by atoms with E-state index < -0.39 is 5.56 Å². The number of halogens is 1. The van der Waals surface area contributed by atoms with Crippen molar-refractivity contribution >= 4 is 45.3 Å². The Labute approximate surface area is 188 Å². The molecular weight excluding hydrogens is 420 g/mol. The molecule has 0 unspecified atom stereocenters. The highest BCUT2D eigenvalue weighted by Crippen LogP contribution is 2.31. The van der Waals surface area contributed by atoms with E-state index in [0.29, 0.717) is 16.1 Å². The van der Waals surface area contributed by atoms with Crippen LogP contribution in [0.2, 0.25) is 5.02 Å². The number of benzene rings is 3. The number of nitrogens with zero attached hydrogens (tertiary/aromatic N) is 1. The van der Waals surface area contributed by atoms with E-state index in [0.717, 1.165) is 27.4 Å². The topological polar surface area (TPSA) is 62.8 Å². The molecule has 0 aliphatic heterocycles. The van der Waals surface area contributed by atoms with Crippen LogP contribution in [-0.2, 0) is 0 Å². The molecule has 5 rings (SSSR count). The summed E-state index contributed by atoms with van der Waals surface area (Å²) in [6, 6.07) is 24.2. The SMILES string of the molecule is O=C(/C=C\c1ccc2ncccc2c1)c1c(-c2ccccc2)c2cc(Cl)ccc2[nH]c1=O. The standard InChI is InChI=1S/C27H17ClN2O2/c28-20-10-12-23-21(16-20)25(18-5-2-1-3-6-18)26(27(32)30-23)24(31)13-9-17-8-11-22-19(15-17)7-4-14-29-22/h1-16H,(H,30,32)/b13-9-. The van der Waals surface area contributed by atoms with Crippen LogP contribution in [0.5, 0.6) is 0 Å². The Bertz CT molecular complexity index is 1570. The van der Waals surface area contributed by atoms with Crippen LogP contribution < -0.4 is 5.56 Å². The van der Waals surface area contributed by atoms with E-state index in [4.69, 9.17) is 11.6 Å². The van der Waals surface area contributed by atoms with Crippen LogP contribution in [0.1, 0.15) is 15.9 Å². The summed E-state index contributed by atoms with van der Waals surface area (Å²) in [4.78, 5) is 33.4. The smallest absolute Gasteiger partial charge is 0.260 e. The average Bonchev–Trinajstić information content (AvgIpc) is 2.82. The Kier molecular flexibility index (Phi) is 5.13. The summed E-state index contributed by atoms with van der Waals surface area (Å²) in [5, 5.41) is 2.22. The highest BCUT2D eigenvalue weighted by Gasteiger charge is 2.19. The molecule has 0 amide bonds. The van der Waals surface area contributed by atoms with Gasteiger partial charge in [-0.3, -0.25) is 14.6 Å². The summed E-state index contributed by atoms with van der Waals surface area (Å²) < 4.78 is 0. The lowest BCUT2D eigenvalue weighted by molar-refractivity contribution is 0.104. The molecule has 2 aromatic heterocycles. The summed E-state index contributed by atoms with van der Waals surface area (Å²) in [6.07, 6.45) is 4.89. The van der Waals surface area contributed by atoms with E-state index in [1.54, 1.807) is 30.5 Å². The fourth-order valence-corrected chi connectivity index (χ4v) is 4.03. The van der Waals surface area contributed by atoms with Crippen LogP contribution in [0, 0.1) is 0 Å². The number of H-pyrrole nitrogens is 1. The normalized spacial score (nSPS) is 11.4. The highest BCUT2D eigenvalue weighted by atomic mass is 35.5. The van der Waals surface area contributed by atoms with E-state index in [-0.39, 0.29) is 11.3 Å². The summed E-state index contributed by atoms with van der Waals surface area (Å²) in [7, 11) is 0. The molecule has 0 aliphatic rings. The van der Waals surface area contributed by atoms with Crippen molar-refractivity contribution < 1.29 is 4.79 Å². The number of pyridine rings is 2. The third-order valence-electron chi connectivity index (χ3n) is 5.34. The largest absolute Gasteiger partial charge is 0.321 e. The fourth-order valence-electron chi connectivity index (χ4n) is 3.86. The van der Waals surface area contributed by atoms with E-state index in [9.17, 15) is 9.59 Å². The minimum Gasteiger partial charge on any atom is -0.321 e. The molecule has 4 nitrogen and oxygen atoms in total. The molecule has 0 fully saturated rings. The minimum absolute atomic E-state index is 0.0877. The first kappa shape index (κ1) is 19.9. The van der Waals surface area contributed by atoms with Gasteiger partial charge in [0.25, 0.3) is 5.56 Å². The number of hydrogen-bond acceptors (Lipinski definition) is 3. The molecule has 0 radical (unpaired) electrons. The summed E-state index contributed by atoms with van der Waals surface area (Å²) in [5.74, 6) is -0.377. The van der Waals surface area contributed by atoms with Crippen molar-refractivity contribution in [1.29, 1.82) is 0 Å². The van der Waals surface area contributed by atoms with E-state index >= 15 is 0 Å². The molecular formula is C27H17ClN2O2. The third-order valence-corrected chi connectivity index (χ3v) is 5.57. The molecule has 32 heavy (non-hydrogen) atoms.